The molecule has 0 rings (SSSR count). The summed E-state index contributed by atoms with van der Waals surface area (Å²) in [5, 5.41) is 0. The lowest BCUT2D eigenvalue weighted by atomic mass is 10.3. The molecule has 0 heterocycles. The fraction of sp³-hybridized carbons (Fsp3) is 0.952. The first kappa shape index (κ1) is 26.8. The number of unbranched alkanes of at least 4 members (excludes halogenated alkanes) is 1. The highest BCUT2D eigenvalue weighted by atomic mass is 28.4. The molecule has 0 aromatic rings. The van der Waals surface area contributed by atoms with E-state index in [0.717, 1.165) is 13.1 Å². The van der Waals surface area contributed by atoms with Crippen LogP contribution >= 0.6 is 0 Å². The zero-order valence-electron chi connectivity index (χ0n) is 19.9. The number of hydrogen-bond acceptors (Lipinski definition) is 4. The van der Waals surface area contributed by atoms with Gasteiger partial charge in [-0.25, -0.2) is 0 Å². The fourth-order valence-electron chi connectivity index (χ4n) is 5.01. The lowest BCUT2D eigenvalue weighted by Crippen LogP contribution is -2.60. The van der Waals surface area contributed by atoms with Crippen molar-refractivity contribution in [3.63, 3.8) is 0 Å². The highest BCUT2D eigenvalue weighted by Gasteiger charge is 2.47. The molecular formula is C21H47NO3Si2. The summed E-state index contributed by atoms with van der Waals surface area (Å²) in [6.45, 7) is 23.2. The largest absolute Gasteiger partial charge is 0.466 e. The van der Waals surface area contributed by atoms with E-state index in [2.05, 4.69) is 59.2 Å². The second kappa shape index (κ2) is 12.4. The van der Waals surface area contributed by atoms with Gasteiger partial charge in [0.2, 0.25) is 0 Å². The van der Waals surface area contributed by atoms with Crippen LogP contribution in [-0.4, -0.2) is 53.9 Å². The average Bonchev–Trinajstić information content (AvgIpc) is 2.55. The molecule has 0 bridgehead atoms. The third-order valence-electron chi connectivity index (χ3n) is 6.22. The van der Waals surface area contributed by atoms with Crippen LogP contribution < -0.4 is 0 Å². The van der Waals surface area contributed by atoms with Crippen molar-refractivity contribution in [2.75, 3.05) is 26.8 Å². The van der Waals surface area contributed by atoms with Gasteiger partial charge in [0.25, 0.3) is 0 Å². The molecule has 0 N–H and O–H groups in total. The van der Waals surface area contributed by atoms with Crippen LogP contribution in [0.3, 0.4) is 0 Å². The SMILES string of the molecule is CCOC(=O)CCN(CCCC[Si](C)(C)OC)[Si](C(C)C)(C(C)C)C(C)C. The molecular weight excluding hydrogens is 370 g/mol. The van der Waals surface area contributed by atoms with Gasteiger partial charge in [0.05, 0.1) is 13.0 Å². The zero-order valence-corrected chi connectivity index (χ0v) is 21.9. The molecule has 0 aromatic heterocycles. The minimum absolute atomic E-state index is 0.0606. The second-order valence-electron chi connectivity index (χ2n) is 9.31. The van der Waals surface area contributed by atoms with E-state index < -0.39 is 16.6 Å². The molecule has 0 amide bonds. The molecule has 0 aromatic carbocycles. The zero-order chi connectivity index (χ0) is 21.3. The molecule has 0 aliphatic rings. The topological polar surface area (TPSA) is 38.8 Å². The molecule has 162 valence electrons. The summed E-state index contributed by atoms with van der Waals surface area (Å²) >= 11 is 0. The van der Waals surface area contributed by atoms with Gasteiger partial charge in [0.15, 0.2) is 8.32 Å². The van der Waals surface area contributed by atoms with Crippen molar-refractivity contribution in [3.05, 3.63) is 0 Å². The molecule has 0 radical (unpaired) electrons. The van der Waals surface area contributed by atoms with Crippen LogP contribution in [0.4, 0.5) is 0 Å². The van der Waals surface area contributed by atoms with E-state index in [0.29, 0.717) is 29.7 Å². The van der Waals surface area contributed by atoms with E-state index >= 15 is 0 Å². The Morgan fingerprint density at radius 3 is 1.85 bits per heavy atom. The normalized spacial score (nSPS) is 13.3. The lowest BCUT2D eigenvalue weighted by molar-refractivity contribution is -0.143. The third-order valence-corrected chi connectivity index (χ3v) is 16.0. The molecule has 6 heteroatoms. The summed E-state index contributed by atoms with van der Waals surface area (Å²) < 4.78 is 13.7. The van der Waals surface area contributed by atoms with Crippen LogP contribution in [0.5, 0.6) is 0 Å². The van der Waals surface area contributed by atoms with Gasteiger partial charge in [-0.2, -0.15) is 0 Å². The van der Waals surface area contributed by atoms with Crippen LogP contribution in [0.1, 0.15) is 67.7 Å². The van der Waals surface area contributed by atoms with E-state index in [-0.39, 0.29) is 5.97 Å². The first-order chi connectivity index (χ1) is 12.5. The summed E-state index contributed by atoms with van der Waals surface area (Å²) in [6.07, 6.45) is 2.90. The van der Waals surface area contributed by atoms with E-state index in [1.807, 2.05) is 14.0 Å². The predicted octanol–water partition coefficient (Wildman–Crippen LogP) is 6.05. The molecule has 0 saturated carbocycles. The molecule has 0 saturated heterocycles. The van der Waals surface area contributed by atoms with Crippen molar-refractivity contribution in [2.24, 2.45) is 0 Å². The van der Waals surface area contributed by atoms with Gasteiger partial charge in [0.1, 0.15) is 8.24 Å². The number of hydrogen-bond donors (Lipinski definition) is 0. The molecule has 0 fully saturated rings. The van der Waals surface area contributed by atoms with Crippen molar-refractivity contribution >= 4 is 22.5 Å². The van der Waals surface area contributed by atoms with Crippen LogP contribution in [0.15, 0.2) is 0 Å². The van der Waals surface area contributed by atoms with Gasteiger partial charge in [-0.15, -0.1) is 0 Å². The van der Waals surface area contributed by atoms with Gasteiger partial charge in [-0.05, 0) is 55.7 Å². The van der Waals surface area contributed by atoms with Crippen molar-refractivity contribution in [1.29, 1.82) is 0 Å². The van der Waals surface area contributed by atoms with Crippen LogP contribution in [0, 0.1) is 0 Å². The minimum Gasteiger partial charge on any atom is -0.466 e. The first-order valence-corrected chi connectivity index (χ1v) is 16.2. The quantitative estimate of drug-likeness (QED) is 0.196. The molecule has 0 spiro atoms. The van der Waals surface area contributed by atoms with E-state index in [4.69, 9.17) is 9.16 Å². The number of carbonyl (C=O) groups excluding carboxylic acids is 1. The summed E-state index contributed by atoms with van der Waals surface area (Å²) in [6, 6.07) is 1.20. The molecule has 0 unspecified atom stereocenters. The lowest BCUT2D eigenvalue weighted by Gasteiger charge is -2.51. The highest BCUT2D eigenvalue weighted by molar-refractivity contribution is 6.81. The molecule has 4 nitrogen and oxygen atoms in total. The van der Waals surface area contributed by atoms with Gasteiger partial charge in [-0.1, -0.05) is 48.0 Å². The maximum Gasteiger partial charge on any atom is 0.307 e. The Balaban J connectivity index is 5.33. The van der Waals surface area contributed by atoms with Crippen LogP contribution in [0.2, 0.25) is 35.8 Å². The smallest absolute Gasteiger partial charge is 0.307 e. The van der Waals surface area contributed by atoms with Gasteiger partial charge >= 0.3 is 5.97 Å². The molecule has 0 aliphatic heterocycles. The third kappa shape index (κ3) is 7.99. The number of rotatable bonds is 14. The fourth-order valence-corrected chi connectivity index (χ4v) is 13.6. The van der Waals surface area contributed by atoms with Crippen LogP contribution in [0.25, 0.3) is 0 Å². The van der Waals surface area contributed by atoms with Crippen molar-refractivity contribution in [1.82, 2.24) is 4.57 Å². The maximum atomic E-state index is 12.0. The maximum absolute atomic E-state index is 12.0. The Labute approximate surface area is 171 Å². The van der Waals surface area contributed by atoms with E-state index in [1.165, 1.54) is 18.9 Å². The standard InChI is InChI=1S/C21H47NO3Si2/c1-11-25-21(23)14-16-22(15-12-13-17-26(9,10)24-8)27(18(2)3,19(4)5)20(6)7/h18-20H,11-17H2,1-10H3. The Kier molecular flexibility index (Phi) is 12.3. The van der Waals surface area contributed by atoms with E-state index in [9.17, 15) is 4.79 Å². The average molecular weight is 418 g/mol. The van der Waals surface area contributed by atoms with Gasteiger partial charge < -0.3 is 13.7 Å². The monoisotopic (exact) mass is 417 g/mol. The summed E-state index contributed by atoms with van der Waals surface area (Å²) in [4.78, 5) is 12.0. The molecule has 0 aliphatic carbocycles. The highest BCUT2D eigenvalue weighted by Crippen LogP contribution is 2.44. The predicted molar refractivity (Wildman–Crippen MR) is 122 cm³/mol. The Morgan fingerprint density at radius 1 is 0.926 bits per heavy atom. The summed E-state index contributed by atoms with van der Waals surface area (Å²) in [5.74, 6) is -0.0606. The van der Waals surface area contributed by atoms with Gasteiger partial charge in [-0.3, -0.25) is 4.79 Å². The van der Waals surface area contributed by atoms with Crippen molar-refractivity contribution in [2.45, 2.75) is 103 Å². The minimum atomic E-state index is -1.75. The van der Waals surface area contributed by atoms with E-state index in [1.54, 1.807) is 0 Å². The van der Waals surface area contributed by atoms with Gasteiger partial charge in [0, 0.05) is 13.7 Å². The summed E-state index contributed by atoms with van der Waals surface area (Å²) in [7, 11) is -1.38. The Bertz CT molecular complexity index is 404. The number of ether oxygens (including phenoxy) is 1. The first-order valence-electron chi connectivity index (χ1n) is 10.9. The summed E-state index contributed by atoms with van der Waals surface area (Å²) in [5.41, 5.74) is 1.97. The Hall–Kier alpha value is -0.176. The van der Waals surface area contributed by atoms with Crippen LogP contribution in [-0.2, 0) is 14.0 Å². The number of carbonyl (C=O) groups is 1. The Morgan fingerprint density at radius 2 is 1.44 bits per heavy atom. The second-order valence-corrected chi connectivity index (χ2v) is 19.6. The number of nitrogens with zero attached hydrogens (tertiary/aromatic N) is 1. The molecule has 27 heavy (non-hydrogen) atoms. The van der Waals surface area contributed by atoms with Crippen molar-refractivity contribution in [3.8, 4) is 0 Å². The van der Waals surface area contributed by atoms with Crippen molar-refractivity contribution < 1.29 is 14.0 Å². The molecule has 0 atom stereocenters. The number of esters is 1.